The maximum atomic E-state index is 13.8. The number of aromatic amines is 1. The van der Waals surface area contributed by atoms with E-state index in [2.05, 4.69) is 46.7 Å². The number of anilines is 2. The summed E-state index contributed by atoms with van der Waals surface area (Å²) in [6.07, 6.45) is 0.973. The van der Waals surface area contributed by atoms with Crippen LogP contribution in [0.2, 0.25) is 0 Å². The summed E-state index contributed by atoms with van der Waals surface area (Å²) < 4.78 is 0. The minimum absolute atomic E-state index is 0.0616. The molecule has 0 unspecified atom stereocenters. The molecule has 0 spiro atoms. The monoisotopic (exact) mass is 379 g/mol. The summed E-state index contributed by atoms with van der Waals surface area (Å²) in [6.45, 7) is 0.872. The number of nitrogens with one attached hydrogen (secondary N) is 2. The highest BCUT2D eigenvalue weighted by atomic mass is 16.2. The summed E-state index contributed by atoms with van der Waals surface area (Å²) in [5.41, 5.74) is 6.63. The highest BCUT2D eigenvalue weighted by Crippen LogP contribution is 2.48. The molecule has 2 atom stereocenters. The topological polar surface area (TPSA) is 48.1 Å². The van der Waals surface area contributed by atoms with E-state index < -0.39 is 0 Å². The number of fused-ring (bicyclic) bond motifs is 4. The second-order valence-electron chi connectivity index (χ2n) is 7.79. The standard InChI is InChI=1S/C25H21N3O/c29-25-22(19-11-5-7-13-21(19)28(25)16-8-2-1-3-9-16)24-23-18(14-15-26-24)17-10-4-6-12-20(17)27-23/h1-13,22,24,26-27H,14-15H2/t22-,24+/m1/s1. The van der Waals surface area contributed by atoms with Crippen LogP contribution in [0.5, 0.6) is 0 Å². The van der Waals surface area contributed by atoms with Crippen LogP contribution in [0.15, 0.2) is 78.9 Å². The molecule has 0 saturated carbocycles. The highest BCUT2D eigenvalue weighted by Gasteiger charge is 2.44. The summed E-state index contributed by atoms with van der Waals surface area (Å²) in [7, 11) is 0. The van der Waals surface area contributed by atoms with Crippen molar-refractivity contribution in [1.29, 1.82) is 0 Å². The summed E-state index contributed by atoms with van der Waals surface area (Å²) in [5.74, 6) is -0.125. The van der Waals surface area contributed by atoms with Gasteiger partial charge in [-0.25, -0.2) is 0 Å². The van der Waals surface area contributed by atoms with E-state index in [1.807, 2.05) is 47.4 Å². The van der Waals surface area contributed by atoms with Gasteiger partial charge in [0.2, 0.25) is 5.91 Å². The Morgan fingerprint density at radius 2 is 1.62 bits per heavy atom. The second-order valence-corrected chi connectivity index (χ2v) is 7.79. The van der Waals surface area contributed by atoms with Gasteiger partial charge >= 0.3 is 0 Å². The Hall–Kier alpha value is -3.37. The molecule has 4 heteroatoms. The van der Waals surface area contributed by atoms with Crippen LogP contribution in [0.3, 0.4) is 0 Å². The predicted molar refractivity (Wildman–Crippen MR) is 116 cm³/mol. The molecule has 3 heterocycles. The van der Waals surface area contributed by atoms with Crippen LogP contribution in [0.1, 0.15) is 28.8 Å². The van der Waals surface area contributed by atoms with Crippen molar-refractivity contribution < 1.29 is 4.79 Å². The minimum atomic E-state index is -0.251. The highest BCUT2D eigenvalue weighted by molar-refractivity contribution is 6.10. The van der Waals surface area contributed by atoms with E-state index in [4.69, 9.17) is 0 Å². The van der Waals surface area contributed by atoms with Gasteiger partial charge in [-0.15, -0.1) is 0 Å². The van der Waals surface area contributed by atoms with Crippen molar-refractivity contribution in [2.24, 2.45) is 0 Å². The Balaban J connectivity index is 1.51. The molecule has 0 radical (unpaired) electrons. The molecule has 0 fully saturated rings. The lowest BCUT2D eigenvalue weighted by atomic mass is 9.86. The van der Waals surface area contributed by atoms with Gasteiger partial charge in [0.15, 0.2) is 0 Å². The fourth-order valence-corrected chi connectivity index (χ4v) is 5.01. The first-order valence-corrected chi connectivity index (χ1v) is 10.1. The average molecular weight is 379 g/mol. The Morgan fingerprint density at radius 3 is 2.52 bits per heavy atom. The molecule has 0 bridgehead atoms. The number of benzene rings is 3. The molecule has 0 aliphatic carbocycles. The number of hydrogen-bond donors (Lipinski definition) is 2. The molecule has 1 amide bonds. The first-order valence-electron chi connectivity index (χ1n) is 10.1. The smallest absolute Gasteiger partial charge is 0.241 e. The summed E-state index contributed by atoms with van der Waals surface area (Å²) in [4.78, 5) is 19.2. The molecule has 2 N–H and O–H groups in total. The van der Waals surface area contributed by atoms with E-state index in [1.165, 1.54) is 10.9 Å². The number of carbonyl (C=O) groups excluding carboxylic acids is 1. The molecule has 4 nitrogen and oxygen atoms in total. The molecule has 142 valence electrons. The van der Waals surface area contributed by atoms with Crippen molar-refractivity contribution in [3.63, 3.8) is 0 Å². The van der Waals surface area contributed by atoms with Crippen LogP contribution in [-0.2, 0) is 11.2 Å². The zero-order valence-corrected chi connectivity index (χ0v) is 15.9. The van der Waals surface area contributed by atoms with Crippen molar-refractivity contribution in [3.05, 3.63) is 95.7 Å². The quantitative estimate of drug-likeness (QED) is 0.525. The van der Waals surface area contributed by atoms with E-state index in [9.17, 15) is 4.79 Å². The SMILES string of the molecule is O=C1[C@@H]([C@@H]2NCCc3c2[nH]c2ccccc32)c2ccccc2N1c1ccccc1. The second kappa shape index (κ2) is 6.33. The largest absolute Gasteiger partial charge is 0.357 e. The Labute approximate surface area is 169 Å². The molecular formula is C25H21N3O. The number of nitrogens with zero attached hydrogens (tertiary/aromatic N) is 1. The van der Waals surface area contributed by atoms with E-state index in [0.29, 0.717) is 0 Å². The number of amides is 1. The van der Waals surface area contributed by atoms with E-state index in [1.54, 1.807) is 0 Å². The zero-order chi connectivity index (χ0) is 19.4. The molecule has 29 heavy (non-hydrogen) atoms. The lowest BCUT2D eigenvalue weighted by molar-refractivity contribution is -0.119. The molecule has 4 aromatic rings. The van der Waals surface area contributed by atoms with Crippen molar-refractivity contribution in [2.45, 2.75) is 18.4 Å². The van der Waals surface area contributed by atoms with Gasteiger partial charge in [-0.2, -0.15) is 0 Å². The summed E-state index contributed by atoms with van der Waals surface area (Å²) >= 11 is 0. The van der Waals surface area contributed by atoms with Crippen molar-refractivity contribution >= 4 is 28.2 Å². The number of hydrogen-bond acceptors (Lipinski definition) is 2. The molecule has 2 aliphatic heterocycles. The van der Waals surface area contributed by atoms with Crippen LogP contribution in [-0.4, -0.2) is 17.4 Å². The Morgan fingerprint density at radius 1 is 0.862 bits per heavy atom. The molecule has 2 aliphatic rings. The van der Waals surface area contributed by atoms with Gasteiger partial charge in [0.05, 0.1) is 17.6 Å². The Bertz CT molecular complexity index is 1230. The number of carbonyl (C=O) groups is 1. The minimum Gasteiger partial charge on any atom is -0.357 e. The fraction of sp³-hybridized carbons (Fsp3) is 0.160. The third-order valence-electron chi connectivity index (χ3n) is 6.24. The van der Waals surface area contributed by atoms with Gasteiger partial charge in [-0.3, -0.25) is 9.69 Å². The Kier molecular flexibility index (Phi) is 3.61. The van der Waals surface area contributed by atoms with Gasteiger partial charge < -0.3 is 10.3 Å². The maximum Gasteiger partial charge on any atom is 0.241 e. The van der Waals surface area contributed by atoms with Gasteiger partial charge in [0.25, 0.3) is 0 Å². The number of para-hydroxylation sites is 3. The molecule has 6 rings (SSSR count). The lowest BCUT2D eigenvalue weighted by Crippen LogP contribution is -2.37. The lowest BCUT2D eigenvalue weighted by Gasteiger charge is -2.29. The predicted octanol–water partition coefficient (Wildman–Crippen LogP) is 4.82. The third kappa shape index (κ3) is 2.39. The van der Waals surface area contributed by atoms with Crippen molar-refractivity contribution in [1.82, 2.24) is 10.3 Å². The van der Waals surface area contributed by atoms with Crippen LogP contribution in [0.4, 0.5) is 11.4 Å². The number of rotatable bonds is 2. The van der Waals surface area contributed by atoms with Crippen LogP contribution in [0.25, 0.3) is 10.9 Å². The molecule has 3 aromatic carbocycles. The van der Waals surface area contributed by atoms with Gasteiger partial charge in [-0.1, -0.05) is 54.6 Å². The van der Waals surface area contributed by atoms with Crippen LogP contribution < -0.4 is 10.2 Å². The number of H-pyrrole nitrogens is 1. The van der Waals surface area contributed by atoms with Crippen LogP contribution in [0, 0.1) is 0 Å². The first-order chi connectivity index (χ1) is 14.3. The van der Waals surface area contributed by atoms with Crippen LogP contribution >= 0.6 is 0 Å². The third-order valence-corrected chi connectivity index (χ3v) is 6.24. The van der Waals surface area contributed by atoms with E-state index in [0.717, 1.165) is 41.1 Å². The molecule has 0 saturated heterocycles. The number of aromatic nitrogens is 1. The van der Waals surface area contributed by atoms with E-state index in [-0.39, 0.29) is 17.9 Å². The van der Waals surface area contributed by atoms with Crippen molar-refractivity contribution in [3.8, 4) is 0 Å². The molecule has 1 aromatic heterocycles. The zero-order valence-electron chi connectivity index (χ0n) is 15.9. The molecular weight excluding hydrogens is 358 g/mol. The van der Waals surface area contributed by atoms with Crippen molar-refractivity contribution in [2.75, 3.05) is 11.4 Å². The fourth-order valence-electron chi connectivity index (χ4n) is 5.01. The van der Waals surface area contributed by atoms with Gasteiger partial charge in [0.1, 0.15) is 0 Å². The van der Waals surface area contributed by atoms with E-state index >= 15 is 0 Å². The van der Waals surface area contributed by atoms with Gasteiger partial charge in [-0.05, 0) is 48.4 Å². The maximum absolute atomic E-state index is 13.8. The normalized spacial score (nSPS) is 20.7. The summed E-state index contributed by atoms with van der Waals surface area (Å²) in [6, 6.07) is 26.5. The van der Waals surface area contributed by atoms with Gasteiger partial charge in [0, 0.05) is 22.3 Å². The average Bonchev–Trinajstić information content (AvgIpc) is 3.29. The first kappa shape index (κ1) is 16.6. The summed E-state index contributed by atoms with van der Waals surface area (Å²) in [5, 5.41) is 4.91.